The number of carbonyl (C=O) groups is 1. The predicted octanol–water partition coefficient (Wildman–Crippen LogP) is 1.46. The zero-order valence-electron chi connectivity index (χ0n) is 16.4. The van der Waals surface area contributed by atoms with Gasteiger partial charge in [0.2, 0.25) is 0 Å². The summed E-state index contributed by atoms with van der Waals surface area (Å²) in [5.74, 6) is 0.209. The Labute approximate surface area is 181 Å². The highest BCUT2D eigenvalue weighted by Gasteiger charge is 2.17. The van der Waals surface area contributed by atoms with Gasteiger partial charge in [-0.2, -0.15) is 5.10 Å². The largest absolute Gasteiger partial charge is 0.482 e. The first kappa shape index (κ1) is 20.8. The van der Waals surface area contributed by atoms with Crippen LogP contribution in [0.2, 0.25) is 5.02 Å². The number of rotatable bonds is 5. The van der Waals surface area contributed by atoms with Crippen LogP contribution in [0, 0.1) is 0 Å². The van der Waals surface area contributed by atoms with Crippen molar-refractivity contribution in [1.29, 1.82) is 0 Å². The van der Waals surface area contributed by atoms with Gasteiger partial charge in [0, 0.05) is 13.1 Å². The van der Waals surface area contributed by atoms with Gasteiger partial charge in [0.15, 0.2) is 6.61 Å². The van der Waals surface area contributed by atoms with Crippen LogP contribution in [0.3, 0.4) is 0 Å². The third-order valence-electron chi connectivity index (χ3n) is 4.78. The monoisotopic (exact) mass is 442 g/mol. The predicted molar refractivity (Wildman–Crippen MR) is 116 cm³/mol. The Morgan fingerprint density at radius 1 is 1.19 bits per heavy atom. The molecule has 1 amide bonds. The number of halogens is 1. The molecule has 2 heterocycles. The van der Waals surface area contributed by atoms with Crippen molar-refractivity contribution >= 4 is 34.6 Å². The molecule has 160 valence electrons. The molecule has 9 nitrogen and oxygen atoms in total. The highest BCUT2D eigenvalue weighted by molar-refractivity contribution is 6.32. The zero-order valence-corrected chi connectivity index (χ0v) is 17.2. The van der Waals surface area contributed by atoms with Crippen molar-refractivity contribution in [3.05, 3.63) is 73.9 Å². The minimum Gasteiger partial charge on any atom is -0.482 e. The lowest BCUT2D eigenvalue weighted by atomic mass is 10.2. The van der Waals surface area contributed by atoms with Crippen LogP contribution in [0.15, 0.2) is 57.2 Å². The number of morpholine rings is 1. The number of hydrogen-bond donors (Lipinski definition) is 1. The SMILES string of the molecule is O=C(COc1ccc(C=Nn2c(=O)[nH]c3ccccc3c2=O)cc1Cl)N1CCOCC1. The van der Waals surface area contributed by atoms with E-state index in [0.717, 1.165) is 4.68 Å². The van der Waals surface area contributed by atoms with Crippen molar-refractivity contribution in [2.45, 2.75) is 0 Å². The molecule has 0 saturated carbocycles. The molecule has 3 aromatic rings. The summed E-state index contributed by atoms with van der Waals surface area (Å²) < 4.78 is 11.5. The van der Waals surface area contributed by atoms with Crippen LogP contribution in [0.1, 0.15) is 5.56 Å². The molecule has 4 rings (SSSR count). The lowest BCUT2D eigenvalue weighted by Crippen LogP contribution is -2.43. The molecule has 10 heteroatoms. The molecule has 1 N–H and O–H groups in total. The second-order valence-corrected chi connectivity index (χ2v) is 7.22. The van der Waals surface area contributed by atoms with Crippen molar-refractivity contribution in [2.24, 2.45) is 5.10 Å². The molecule has 0 spiro atoms. The number of aromatic nitrogens is 2. The van der Waals surface area contributed by atoms with Crippen LogP contribution < -0.4 is 16.0 Å². The van der Waals surface area contributed by atoms with Crippen molar-refractivity contribution in [3.63, 3.8) is 0 Å². The quantitative estimate of drug-likeness (QED) is 0.602. The summed E-state index contributed by atoms with van der Waals surface area (Å²) in [4.78, 5) is 41.2. The first-order chi connectivity index (χ1) is 15.0. The second kappa shape index (κ2) is 9.15. The molecule has 0 aliphatic carbocycles. The maximum absolute atomic E-state index is 12.5. The molecule has 0 atom stereocenters. The number of nitrogens with zero attached hydrogens (tertiary/aromatic N) is 3. The number of amides is 1. The first-order valence-corrected chi connectivity index (χ1v) is 9.97. The highest BCUT2D eigenvalue weighted by atomic mass is 35.5. The van der Waals surface area contributed by atoms with Crippen molar-refractivity contribution < 1.29 is 14.3 Å². The Hall–Kier alpha value is -3.43. The molecule has 0 unspecified atom stereocenters. The molecule has 1 aliphatic rings. The van der Waals surface area contributed by atoms with Gasteiger partial charge in [-0.15, -0.1) is 4.68 Å². The number of nitrogens with one attached hydrogen (secondary N) is 1. The van der Waals surface area contributed by atoms with Crippen LogP contribution in [0.4, 0.5) is 0 Å². The molecule has 0 bridgehead atoms. The first-order valence-electron chi connectivity index (χ1n) is 9.59. The standard InChI is InChI=1S/C21H19ClN4O5/c22-16-11-14(5-6-18(16)31-13-19(27)25-7-9-30-10-8-25)12-23-26-20(28)15-3-1-2-4-17(15)24-21(26)29/h1-6,11-12H,7-10,13H2,(H,24,29). The number of carbonyl (C=O) groups excluding carboxylic acids is 1. The normalized spacial score (nSPS) is 14.3. The van der Waals surface area contributed by atoms with E-state index in [4.69, 9.17) is 21.1 Å². The van der Waals surface area contributed by atoms with Gasteiger partial charge >= 0.3 is 5.69 Å². The number of fused-ring (bicyclic) bond motifs is 1. The number of para-hydroxylation sites is 1. The van der Waals surface area contributed by atoms with E-state index in [0.29, 0.717) is 48.5 Å². The Bertz CT molecular complexity index is 1260. The molecule has 1 saturated heterocycles. The summed E-state index contributed by atoms with van der Waals surface area (Å²) in [6, 6.07) is 11.5. The fraction of sp³-hybridized carbons (Fsp3) is 0.238. The fourth-order valence-corrected chi connectivity index (χ4v) is 3.38. The fourth-order valence-electron chi connectivity index (χ4n) is 3.14. The third-order valence-corrected chi connectivity index (χ3v) is 5.07. The lowest BCUT2D eigenvalue weighted by Gasteiger charge is -2.26. The van der Waals surface area contributed by atoms with Crippen molar-refractivity contribution in [2.75, 3.05) is 32.9 Å². The maximum Gasteiger partial charge on any atom is 0.349 e. The molecular formula is C21H19ClN4O5. The molecule has 1 fully saturated rings. The van der Waals surface area contributed by atoms with Gasteiger partial charge in [-0.25, -0.2) is 4.79 Å². The summed E-state index contributed by atoms with van der Waals surface area (Å²) in [7, 11) is 0. The second-order valence-electron chi connectivity index (χ2n) is 6.81. The summed E-state index contributed by atoms with van der Waals surface area (Å²) in [5, 5.41) is 4.62. The number of ether oxygens (including phenoxy) is 2. The van der Waals surface area contributed by atoms with E-state index in [9.17, 15) is 14.4 Å². The third kappa shape index (κ3) is 4.68. The molecule has 2 aromatic carbocycles. The van der Waals surface area contributed by atoms with Gasteiger partial charge in [0.25, 0.3) is 11.5 Å². The topological polar surface area (TPSA) is 106 Å². The van der Waals surface area contributed by atoms with E-state index in [-0.39, 0.29) is 17.5 Å². The van der Waals surface area contributed by atoms with Gasteiger partial charge in [-0.3, -0.25) is 9.59 Å². The number of H-pyrrole nitrogens is 1. The minimum atomic E-state index is -0.646. The molecule has 31 heavy (non-hydrogen) atoms. The Kier molecular flexibility index (Phi) is 6.15. The van der Waals surface area contributed by atoms with Crippen LogP contribution in [0.25, 0.3) is 10.9 Å². The van der Waals surface area contributed by atoms with E-state index in [1.165, 1.54) is 6.21 Å². The number of aromatic amines is 1. The number of hydrogen-bond acceptors (Lipinski definition) is 6. The Balaban J connectivity index is 1.48. The van der Waals surface area contributed by atoms with Gasteiger partial charge in [0.05, 0.1) is 35.4 Å². The van der Waals surface area contributed by atoms with Gasteiger partial charge in [0.1, 0.15) is 5.75 Å². The average molecular weight is 443 g/mol. The van der Waals surface area contributed by atoms with Crippen LogP contribution in [-0.2, 0) is 9.53 Å². The molecule has 1 aromatic heterocycles. The van der Waals surface area contributed by atoms with Gasteiger partial charge in [-0.1, -0.05) is 23.7 Å². The summed E-state index contributed by atoms with van der Waals surface area (Å²) in [6.45, 7) is 1.99. The minimum absolute atomic E-state index is 0.130. The Morgan fingerprint density at radius 3 is 2.74 bits per heavy atom. The van der Waals surface area contributed by atoms with E-state index < -0.39 is 11.2 Å². The van der Waals surface area contributed by atoms with E-state index in [2.05, 4.69) is 10.1 Å². The molecular weight excluding hydrogens is 424 g/mol. The van der Waals surface area contributed by atoms with E-state index in [1.54, 1.807) is 47.4 Å². The summed E-state index contributed by atoms with van der Waals surface area (Å²) in [6.07, 6.45) is 1.35. The van der Waals surface area contributed by atoms with Gasteiger partial charge < -0.3 is 19.4 Å². The van der Waals surface area contributed by atoms with E-state index >= 15 is 0 Å². The Morgan fingerprint density at radius 2 is 1.97 bits per heavy atom. The van der Waals surface area contributed by atoms with Crippen LogP contribution >= 0.6 is 11.6 Å². The van der Waals surface area contributed by atoms with Crippen LogP contribution in [0.5, 0.6) is 5.75 Å². The zero-order chi connectivity index (χ0) is 21.8. The van der Waals surface area contributed by atoms with Gasteiger partial charge in [-0.05, 0) is 35.9 Å². The van der Waals surface area contributed by atoms with Crippen LogP contribution in [-0.4, -0.2) is 59.6 Å². The summed E-state index contributed by atoms with van der Waals surface area (Å²) in [5.41, 5.74) is -0.174. The highest BCUT2D eigenvalue weighted by Crippen LogP contribution is 2.25. The maximum atomic E-state index is 12.5. The molecule has 1 aliphatic heterocycles. The smallest absolute Gasteiger partial charge is 0.349 e. The lowest BCUT2D eigenvalue weighted by molar-refractivity contribution is -0.137. The van der Waals surface area contributed by atoms with E-state index in [1.807, 2.05) is 0 Å². The van der Waals surface area contributed by atoms with Crippen molar-refractivity contribution in [3.8, 4) is 5.75 Å². The number of benzene rings is 2. The molecule has 0 radical (unpaired) electrons. The summed E-state index contributed by atoms with van der Waals surface area (Å²) >= 11 is 6.25. The average Bonchev–Trinajstić information content (AvgIpc) is 2.78. The van der Waals surface area contributed by atoms with Crippen molar-refractivity contribution in [1.82, 2.24) is 14.6 Å².